The molecule has 1 fully saturated rings. The van der Waals surface area contributed by atoms with Crippen molar-refractivity contribution in [2.45, 2.75) is 31.3 Å². The first-order valence-electron chi connectivity index (χ1n) is 6.65. The van der Waals surface area contributed by atoms with Crippen LogP contribution in [-0.2, 0) is 6.42 Å². The van der Waals surface area contributed by atoms with Crippen LogP contribution in [0.25, 0.3) is 0 Å². The summed E-state index contributed by atoms with van der Waals surface area (Å²) in [4.78, 5) is 11.7. The van der Waals surface area contributed by atoms with Crippen molar-refractivity contribution in [2.24, 2.45) is 5.73 Å². The van der Waals surface area contributed by atoms with Crippen LogP contribution < -0.4 is 5.73 Å². The van der Waals surface area contributed by atoms with E-state index in [-0.39, 0.29) is 6.04 Å². The predicted octanol–water partition coefficient (Wildman–Crippen LogP) is 1.53. The molecule has 0 radical (unpaired) electrons. The number of hydrogen-bond acceptors (Lipinski definition) is 5. The summed E-state index contributed by atoms with van der Waals surface area (Å²) in [5.41, 5.74) is 8.45. The van der Waals surface area contributed by atoms with Crippen molar-refractivity contribution >= 4 is 11.8 Å². The minimum atomic E-state index is 0.140. The molecule has 0 bridgehead atoms. The highest BCUT2D eigenvalue weighted by molar-refractivity contribution is 7.99. The van der Waals surface area contributed by atoms with Gasteiger partial charge in [-0.25, -0.2) is 9.97 Å². The summed E-state index contributed by atoms with van der Waals surface area (Å²) in [5.74, 6) is 3.29. The Labute approximate surface area is 112 Å². The predicted molar refractivity (Wildman–Crippen MR) is 74.6 cm³/mol. The molecule has 98 valence electrons. The van der Waals surface area contributed by atoms with E-state index < -0.39 is 0 Å². The zero-order chi connectivity index (χ0) is 12.5. The number of aryl methyl sites for hydroxylation is 1. The molecule has 3 rings (SSSR count). The van der Waals surface area contributed by atoms with Crippen molar-refractivity contribution in [3.8, 4) is 0 Å². The highest BCUT2D eigenvalue weighted by atomic mass is 32.2. The second kappa shape index (κ2) is 5.15. The van der Waals surface area contributed by atoms with Gasteiger partial charge in [-0.3, -0.25) is 4.90 Å². The van der Waals surface area contributed by atoms with Crippen LogP contribution in [0.4, 0.5) is 0 Å². The lowest BCUT2D eigenvalue weighted by Gasteiger charge is -2.31. The van der Waals surface area contributed by atoms with Gasteiger partial charge in [0.1, 0.15) is 5.82 Å². The molecular weight excluding hydrogens is 244 g/mol. The second-order valence-corrected chi connectivity index (χ2v) is 6.35. The summed E-state index contributed by atoms with van der Waals surface area (Å²) in [6.45, 7) is 1.12. The van der Waals surface area contributed by atoms with Crippen molar-refractivity contribution in [1.29, 1.82) is 0 Å². The van der Waals surface area contributed by atoms with Gasteiger partial charge in [0.15, 0.2) is 0 Å². The third kappa shape index (κ3) is 2.27. The maximum absolute atomic E-state index is 6.11. The van der Waals surface area contributed by atoms with E-state index >= 15 is 0 Å². The number of nitrogens with zero attached hydrogens (tertiary/aromatic N) is 3. The maximum atomic E-state index is 6.11. The maximum Gasteiger partial charge on any atom is 0.146 e. The Kier molecular flexibility index (Phi) is 3.54. The Bertz CT molecular complexity index is 437. The molecular formula is C13H20N4S. The van der Waals surface area contributed by atoms with E-state index in [9.17, 15) is 0 Å². The SMILES string of the molecule is CN1CCSCC1c1ncc2c(n1)CCCC2N. The van der Waals surface area contributed by atoms with Gasteiger partial charge < -0.3 is 5.73 Å². The van der Waals surface area contributed by atoms with E-state index in [4.69, 9.17) is 10.7 Å². The number of rotatable bonds is 1. The molecule has 1 aliphatic carbocycles. The first-order chi connectivity index (χ1) is 8.75. The van der Waals surface area contributed by atoms with Crippen LogP contribution in [-0.4, -0.2) is 40.0 Å². The van der Waals surface area contributed by atoms with Gasteiger partial charge in [-0.1, -0.05) is 0 Å². The molecule has 1 aromatic heterocycles. The van der Waals surface area contributed by atoms with Crippen molar-refractivity contribution < 1.29 is 0 Å². The Hall–Kier alpha value is -0.650. The van der Waals surface area contributed by atoms with Gasteiger partial charge in [-0.05, 0) is 26.3 Å². The van der Waals surface area contributed by atoms with E-state index in [0.717, 1.165) is 42.9 Å². The minimum Gasteiger partial charge on any atom is -0.324 e. The Morgan fingerprint density at radius 2 is 2.39 bits per heavy atom. The minimum absolute atomic E-state index is 0.140. The molecule has 2 atom stereocenters. The van der Waals surface area contributed by atoms with Crippen LogP contribution in [0.2, 0.25) is 0 Å². The van der Waals surface area contributed by atoms with Gasteiger partial charge in [-0.15, -0.1) is 0 Å². The normalized spacial score (nSPS) is 29.0. The van der Waals surface area contributed by atoms with E-state index in [0.29, 0.717) is 6.04 Å². The van der Waals surface area contributed by atoms with E-state index in [2.05, 4.69) is 16.9 Å². The van der Waals surface area contributed by atoms with Crippen molar-refractivity contribution in [1.82, 2.24) is 14.9 Å². The highest BCUT2D eigenvalue weighted by Gasteiger charge is 2.26. The third-order valence-electron chi connectivity index (χ3n) is 3.94. The van der Waals surface area contributed by atoms with Gasteiger partial charge in [0.25, 0.3) is 0 Å². The van der Waals surface area contributed by atoms with Crippen molar-refractivity contribution in [3.63, 3.8) is 0 Å². The number of thioether (sulfide) groups is 1. The average Bonchev–Trinajstić information content (AvgIpc) is 2.39. The molecule has 0 amide bonds. The average molecular weight is 264 g/mol. The molecule has 2 heterocycles. The van der Waals surface area contributed by atoms with Crippen LogP contribution in [0.5, 0.6) is 0 Å². The second-order valence-electron chi connectivity index (χ2n) is 5.20. The Balaban J connectivity index is 1.89. The zero-order valence-electron chi connectivity index (χ0n) is 10.8. The van der Waals surface area contributed by atoms with Gasteiger partial charge in [0.05, 0.1) is 6.04 Å². The Morgan fingerprint density at radius 1 is 1.50 bits per heavy atom. The summed E-state index contributed by atoms with van der Waals surface area (Å²) in [6.07, 6.45) is 5.24. The summed E-state index contributed by atoms with van der Waals surface area (Å²) in [6, 6.07) is 0.508. The molecule has 2 aliphatic rings. The molecule has 5 heteroatoms. The number of fused-ring (bicyclic) bond motifs is 1. The molecule has 18 heavy (non-hydrogen) atoms. The highest BCUT2D eigenvalue weighted by Crippen LogP contribution is 2.30. The quantitative estimate of drug-likeness (QED) is 0.833. The standard InChI is InChI=1S/C13H20N4S/c1-17-5-6-18-8-12(17)13-15-7-9-10(14)3-2-4-11(9)16-13/h7,10,12H,2-6,8,14H2,1H3. The van der Waals surface area contributed by atoms with E-state index in [1.807, 2.05) is 18.0 Å². The fourth-order valence-corrected chi connectivity index (χ4v) is 3.93. The van der Waals surface area contributed by atoms with Gasteiger partial charge >= 0.3 is 0 Å². The fourth-order valence-electron chi connectivity index (χ4n) is 2.72. The van der Waals surface area contributed by atoms with Crippen LogP contribution in [0.3, 0.4) is 0 Å². The lowest BCUT2D eigenvalue weighted by Crippen LogP contribution is -2.34. The molecule has 2 unspecified atom stereocenters. The lowest BCUT2D eigenvalue weighted by molar-refractivity contribution is 0.263. The van der Waals surface area contributed by atoms with Crippen LogP contribution >= 0.6 is 11.8 Å². The van der Waals surface area contributed by atoms with E-state index in [1.165, 1.54) is 11.4 Å². The van der Waals surface area contributed by atoms with E-state index in [1.54, 1.807) is 0 Å². The molecule has 4 nitrogen and oxygen atoms in total. The topological polar surface area (TPSA) is 55.0 Å². The first-order valence-corrected chi connectivity index (χ1v) is 7.80. The largest absolute Gasteiger partial charge is 0.324 e. The van der Waals surface area contributed by atoms with Gasteiger partial charge in [0.2, 0.25) is 0 Å². The summed E-state index contributed by atoms with van der Waals surface area (Å²) < 4.78 is 0. The monoisotopic (exact) mass is 264 g/mol. The van der Waals surface area contributed by atoms with Crippen molar-refractivity contribution in [3.05, 3.63) is 23.3 Å². The summed E-state index contributed by atoms with van der Waals surface area (Å²) in [5, 5.41) is 0. The summed E-state index contributed by atoms with van der Waals surface area (Å²) in [7, 11) is 2.17. The van der Waals surface area contributed by atoms with Crippen LogP contribution in [0.1, 0.15) is 42.0 Å². The smallest absolute Gasteiger partial charge is 0.146 e. The molecule has 1 saturated heterocycles. The summed E-state index contributed by atoms with van der Waals surface area (Å²) >= 11 is 1.99. The molecule has 1 aliphatic heterocycles. The number of nitrogens with two attached hydrogens (primary N) is 1. The lowest BCUT2D eigenvalue weighted by atomic mass is 9.93. The third-order valence-corrected chi connectivity index (χ3v) is 4.96. The van der Waals surface area contributed by atoms with Gasteiger partial charge in [-0.2, -0.15) is 11.8 Å². The van der Waals surface area contributed by atoms with Gasteiger partial charge in [0, 0.05) is 41.5 Å². The van der Waals surface area contributed by atoms with Crippen molar-refractivity contribution in [2.75, 3.05) is 25.1 Å². The first kappa shape index (κ1) is 12.4. The van der Waals surface area contributed by atoms with Crippen LogP contribution in [0, 0.1) is 0 Å². The molecule has 1 aromatic rings. The Morgan fingerprint density at radius 3 is 3.22 bits per heavy atom. The molecule has 0 saturated carbocycles. The molecule has 0 aromatic carbocycles. The molecule has 0 spiro atoms. The zero-order valence-corrected chi connectivity index (χ0v) is 11.6. The fraction of sp³-hybridized carbons (Fsp3) is 0.692. The number of hydrogen-bond donors (Lipinski definition) is 1. The number of aromatic nitrogens is 2. The molecule has 2 N–H and O–H groups in total. The van der Waals surface area contributed by atoms with Crippen LogP contribution in [0.15, 0.2) is 6.20 Å².